The molecular weight excluding hydrogens is 691 g/mol. The predicted octanol–water partition coefficient (Wildman–Crippen LogP) is 9.39. The largest absolute Gasteiger partial charge is 0.465 e. The predicted molar refractivity (Wildman–Crippen MR) is 217 cm³/mol. The number of allylic oxidation sites excluding steroid dienone is 1. The molecule has 3 rings (SSSR count). The van der Waals surface area contributed by atoms with E-state index in [1.54, 1.807) is 6.92 Å². The Morgan fingerprint density at radius 2 is 0.927 bits per heavy atom. The van der Waals surface area contributed by atoms with Crippen molar-refractivity contribution >= 4 is 23.6 Å². The van der Waals surface area contributed by atoms with E-state index >= 15 is 0 Å². The van der Waals surface area contributed by atoms with Crippen molar-refractivity contribution in [1.82, 2.24) is 0 Å². The molecule has 304 valence electrons. The van der Waals surface area contributed by atoms with Gasteiger partial charge in [-0.3, -0.25) is 9.59 Å². The van der Waals surface area contributed by atoms with Gasteiger partial charge in [0, 0.05) is 24.3 Å². The number of unbranched alkanes of at least 4 members (excludes halogenated alkanes) is 18. The lowest BCUT2D eigenvalue weighted by molar-refractivity contribution is -0.689. The lowest BCUT2D eigenvalue weighted by Gasteiger charge is -2.30. The number of rotatable bonds is 30. The summed E-state index contributed by atoms with van der Waals surface area (Å²) in [5.74, 6) is -4.26. The summed E-state index contributed by atoms with van der Waals surface area (Å²) in [4.78, 5) is 47.3. The molecule has 2 unspecified atom stereocenters. The molecule has 0 amide bonds. The van der Waals surface area contributed by atoms with E-state index in [-0.39, 0.29) is 38.5 Å². The third-order valence-corrected chi connectivity index (χ3v) is 10.3. The van der Waals surface area contributed by atoms with Gasteiger partial charge in [0.2, 0.25) is 0 Å². The fourth-order valence-corrected chi connectivity index (χ4v) is 7.22. The Kier molecular flexibility index (Phi) is 23.6. The van der Waals surface area contributed by atoms with Gasteiger partial charge in [0.15, 0.2) is 37.9 Å². The molecule has 0 aromatic carbocycles. The summed E-state index contributed by atoms with van der Waals surface area (Å²) in [6, 6.07) is 11.4. The van der Waals surface area contributed by atoms with Gasteiger partial charge in [-0.25, -0.2) is 9.79 Å². The lowest BCUT2D eigenvalue weighted by Crippen LogP contribution is -2.50. The first kappa shape index (κ1) is 45.5. The van der Waals surface area contributed by atoms with Crippen LogP contribution in [0.4, 0.5) is 0 Å². The fourth-order valence-electron chi connectivity index (χ4n) is 7.22. The zero-order valence-corrected chi connectivity index (χ0v) is 34.4. The normalized spacial score (nSPS) is 15.4. The highest BCUT2D eigenvalue weighted by Gasteiger charge is 2.50. The summed E-state index contributed by atoms with van der Waals surface area (Å²) >= 11 is 0. The molecule has 0 bridgehead atoms. The van der Waals surface area contributed by atoms with Crippen LogP contribution in [0.2, 0.25) is 0 Å². The standard InChI is InChI=1S/C46H71N3O6/c1-4-7-9-11-13-15-17-19-21-29-35-54-44(50)41-39(37-48-31-25-23-26-32-48)47-40(38-49-33-27-24-28-34-49)42(43(41)46(52)53-6-3)45(51)55-36-30-22-20-18-16-14-12-10-8-5-2/h23-28,31-34,41,43H,4-22,29-30,35-38H2,1-3H3/q+2. The van der Waals surface area contributed by atoms with Crippen molar-refractivity contribution in [1.29, 1.82) is 0 Å². The first-order valence-corrected chi connectivity index (χ1v) is 21.7. The lowest BCUT2D eigenvalue weighted by atomic mass is 9.78. The van der Waals surface area contributed by atoms with Crippen molar-refractivity contribution in [2.45, 2.75) is 162 Å². The minimum atomic E-state index is -1.25. The van der Waals surface area contributed by atoms with E-state index in [2.05, 4.69) is 13.8 Å². The minimum Gasteiger partial charge on any atom is -0.465 e. The molecule has 0 aliphatic carbocycles. The highest BCUT2D eigenvalue weighted by Crippen LogP contribution is 2.35. The van der Waals surface area contributed by atoms with Crippen molar-refractivity contribution in [2.75, 3.05) is 19.8 Å². The summed E-state index contributed by atoms with van der Waals surface area (Å²) in [7, 11) is 0. The van der Waals surface area contributed by atoms with E-state index in [4.69, 9.17) is 19.2 Å². The maximum absolute atomic E-state index is 14.2. The van der Waals surface area contributed by atoms with Gasteiger partial charge in [-0.05, 0) is 19.8 Å². The van der Waals surface area contributed by atoms with Crippen LogP contribution in [0.3, 0.4) is 0 Å². The molecule has 55 heavy (non-hydrogen) atoms. The number of aromatic nitrogens is 2. The van der Waals surface area contributed by atoms with E-state index in [1.807, 2.05) is 70.3 Å². The summed E-state index contributed by atoms with van der Waals surface area (Å²) in [6.45, 7) is 7.20. The number of pyridine rings is 2. The van der Waals surface area contributed by atoms with Crippen LogP contribution in [0.1, 0.15) is 149 Å². The van der Waals surface area contributed by atoms with Crippen molar-refractivity contribution in [2.24, 2.45) is 16.8 Å². The highest BCUT2D eigenvalue weighted by molar-refractivity contribution is 6.10. The van der Waals surface area contributed by atoms with Crippen molar-refractivity contribution < 1.29 is 37.7 Å². The van der Waals surface area contributed by atoms with E-state index in [0.29, 0.717) is 11.4 Å². The zero-order valence-electron chi connectivity index (χ0n) is 34.4. The number of ether oxygens (including phenoxy) is 3. The zero-order chi connectivity index (χ0) is 39.4. The molecule has 9 heteroatoms. The number of hydrogen-bond acceptors (Lipinski definition) is 7. The van der Waals surface area contributed by atoms with E-state index < -0.39 is 29.7 Å². The monoisotopic (exact) mass is 762 g/mol. The Labute approximate surface area is 332 Å². The van der Waals surface area contributed by atoms with Crippen LogP contribution in [0.25, 0.3) is 0 Å². The first-order valence-electron chi connectivity index (χ1n) is 21.7. The molecule has 2 aromatic rings. The van der Waals surface area contributed by atoms with E-state index in [1.165, 1.54) is 89.9 Å². The molecule has 2 atom stereocenters. The van der Waals surface area contributed by atoms with Gasteiger partial charge >= 0.3 is 17.9 Å². The fraction of sp³-hybridized carbons (Fsp3) is 0.652. The Morgan fingerprint density at radius 3 is 1.40 bits per heavy atom. The van der Waals surface area contributed by atoms with Gasteiger partial charge < -0.3 is 14.2 Å². The number of nitrogens with zero attached hydrogens (tertiary/aromatic N) is 3. The van der Waals surface area contributed by atoms with Crippen molar-refractivity contribution in [3.63, 3.8) is 0 Å². The average molecular weight is 762 g/mol. The van der Waals surface area contributed by atoms with Gasteiger partial charge in [-0.1, -0.05) is 142 Å². The molecule has 2 aromatic heterocycles. The summed E-state index contributed by atoms with van der Waals surface area (Å²) in [5.41, 5.74) is 0.900. The summed E-state index contributed by atoms with van der Waals surface area (Å²) in [6.07, 6.45) is 30.8. The third kappa shape index (κ3) is 17.6. The molecule has 9 nitrogen and oxygen atoms in total. The number of carbonyl (C=O) groups excluding carboxylic acids is 3. The molecule has 3 heterocycles. The smallest absolute Gasteiger partial charge is 0.337 e. The van der Waals surface area contributed by atoms with Crippen LogP contribution in [0, 0.1) is 11.8 Å². The number of carbonyl (C=O) groups is 3. The number of hydrogen-bond donors (Lipinski definition) is 0. The molecule has 0 radical (unpaired) electrons. The molecule has 0 N–H and O–H groups in total. The highest BCUT2D eigenvalue weighted by atomic mass is 16.5. The van der Waals surface area contributed by atoms with Crippen molar-refractivity contribution in [3.8, 4) is 0 Å². The first-order chi connectivity index (χ1) is 27.0. The topological polar surface area (TPSA) is 99.0 Å². The SMILES string of the molecule is CCCCCCCCCCCCOC(=O)C1=C(C[n+]2ccccc2)N=C(C[n+]2ccccc2)C(C(=O)OCCCCCCCCCCCC)C1C(=O)OCC. The van der Waals surface area contributed by atoms with E-state index in [0.717, 1.165) is 38.5 Å². The minimum absolute atomic E-state index is 0.0737. The second-order valence-corrected chi connectivity index (χ2v) is 14.9. The quantitative estimate of drug-likeness (QED) is 0.0341. The van der Waals surface area contributed by atoms with Crippen LogP contribution < -0.4 is 9.13 Å². The second-order valence-electron chi connectivity index (χ2n) is 14.9. The van der Waals surface area contributed by atoms with Crippen LogP contribution in [0.5, 0.6) is 0 Å². The van der Waals surface area contributed by atoms with Crippen LogP contribution in [-0.2, 0) is 41.7 Å². The van der Waals surface area contributed by atoms with Gasteiger partial charge in [0.1, 0.15) is 17.5 Å². The number of esters is 3. The van der Waals surface area contributed by atoms with Crippen LogP contribution >= 0.6 is 0 Å². The molecule has 0 spiro atoms. The second kappa shape index (κ2) is 28.5. The summed E-state index contributed by atoms with van der Waals surface area (Å²) < 4.78 is 21.2. The van der Waals surface area contributed by atoms with Crippen LogP contribution in [0.15, 0.2) is 77.4 Å². The van der Waals surface area contributed by atoms with Gasteiger partial charge in [0.25, 0.3) is 0 Å². The summed E-state index contributed by atoms with van der Waals surface area (Å²) in [5, 5.41) is 0. The van der Waals surface area contributed by atoms with Gasteiger partial charge in [-0.2, -0.15) is 9.13 Å². The maximum Gasteiger partial charge on any atom is 0.337 e. The number of aliphatic imine (C=N–C) groups is 1. The van der Waals surface area contributed by atoms with Gasteiger partial charge in [-0.15, -0.1) is 0 Å². The van der Waals surface area contributed by atoms with Crippen molar-refractivity contribution in [3.05, 3.63) is 72.5 Å². The average Bonchev–Trinajstić information content (AvgIpc) is 3.19. The molecular formula is C46H71N3O6+2. The molecule has 0 saturated heterocycles. The Bertz CT molecular complexity index is 1430. The molecule has 1 aliphatic heterocycles. The Balaban J connectivity index is 1.79. The Hall–Kier alpha value is -3.88. The van der Waals surface area contributed by atoms with Gasteiger partial charge in [0.05, 0.1) is 31.1 Å². The van der Waals surface area contributed by atoms with E-state index in [9.17, 15) is 14.4 Å². The third-order valence-electron chi connectivity index (χ3n) is 10.3. The van der Waals surface area contributed by atoms with Crippen LogP contribution in [-0.4, -0.2) is 43.4 Å². The maximum atomic E-state index is 14.2. The molecule has 0 fully saturated rings. The Morgan fingerprint density at radius 1 is 0.509 bits per heavy atom. The molecule has 0 saturated carbocycles. The molecule has 1 aliphatic rings.